The number of nitrogens with one attached hydrogen (secondary N) is 1. The molecule has 7 nitrogen and oxygen atoms in total. The highest BCUT2D eigenvalue weighted by atomic mass is 16.3. The largest absolute Gasteiger partial charge is 0.505 e. The van der Waals surface area contributed by atoms with Crippen molar-refractivity contribution in [1.29, 1.82) is 0 Å². The topological polar surface area (TPSA) is 92.9 Å². The third-order valence-corrected chi connectivity index (χ3v) is 2.37. The minimum absolute atomic E-state index is 0.119. The summed E-state index contributed by atoms with van der Waals surface area (Å²) in [6.07, 6.45) is 6.80. The summed E-state index contributed by atoms with van der Waals surface area (Å²) in [5.41, 5.74) is 0.228. The molecule has 2 rings (SSSR count). The fourth-order valence-electron chi connectivity index (χ4n) is 1.47. The van der Waals surface area contributed by atoms with E-state index in [1.54, 1.807) is 17.1 Å². The van der Waals surface area contributed by atoms with Crippen molar-refractivity contribution >= 4 is 5.91 Å². The van der Waals surface area contributed by atoms with Crippen LogP contribution in [-0.2, 0) is 6.54 Å². The summed E-state index contributed by atoms with van der Waals surface area (Å²) in [6, 6.07) is 1.47. The van der Waals surface area contributed by atoms with Gasteiger partial charge in [0.25, 0.3) is 5.91 Å². The zero-order valence-electron chi connectivity index (χ0n) is 9.65. The molecule has 0 fully saturated rings. The first kappa shape index (κ1) is 12.0. The van der Waals surface area contributed by atoms with Crippen molar-refractivity contribution < 1.29 is 9.90 Å². The van der Waals surface area contributed by atoms with E-state index < -0.39 is 0 Å². The lowest BCUT2D eigenvalue weighted by Crippen LogP contribution is -2.25. The molecule has 0 radical (unpaired) electrons. The number of aryl methyl sites for hydroxylation is 1. The van der Waals surface area contributed by atoms with Gasteiger partial charge in [-0.3, -0.25) is 14.5 Å². The molecule has 1 amide bonds. The number of nitrogens with zero attached hydrogens (tertiary/aromatic N) is 4. The normalized spacial score (nSPS) is 10.2. The molecule has 0 spiro atoms. The minimum Gasteiger partial charge on any atom is -0.505 e. The van der Waals surface area contributed by atoms with Gasteiger partial charge in [-0.25, -0.2) is 0 Å². The van der Waals surface area contributed by atoms with Gasteiger partial charge in [-0.2, -0.15) is 0 Å². The molecule has 7 heteroatoms. The highest BCUT2D eigenvalue weighted by Crippen LogP contribution is 2.13. The van der Waals surface area contributed by atoms with E-state index in [-0.39, 0.29) is 17.2 Å². The van der Waals surface area contributed by atoms with Gasteiger partial charge >= 0.3 is 0 Å². The number of aromatic hydroxyl groups is 1. The number of hydrogen-bond donors (Lipinski definition) is 2. The first-order valence-corrected chi connectivity index (χ1v) is 5.52. The molecule has 0 aliphatic heterocycles. The molecule has 0 saturated carbocycles. The number of pyridine rings is 1. The average Bonchev–Trinajstić information content (AvgIpc) is 2.88. The molecule has 2 aromatic rings. The zero-order valence-corrected chi connectivity index (χ0v) is 9.65. The van der Waals surface area contributed by atoms with Gasteiger partial charge in [0.15, 0.2) is 0 Å². The molecule has 2 heterocycles. The highest BCUT2D eigenvalue weighted by Gasteiger charge is 2.09. The van der Waals surface area contributed by atoms with Crippen molar-refractivity contribution in [2.75, 3.05) is 6.54 Å². The van der Waals surface area contributed by atoms with Crippen molar-refractivity contribution in [3.8, 4) is 5.75 Å². The Morgan fingerprint density at radius 1 is 1.44 bits per heavy atom. The average molecular weight is 247 g/mol. The number of carbonyl (C=O) groups excluding carboxylic acids is 1. The lowest BCUT2D eigenvalue weighted by atomic mass is 10.2. The van der Waals surface area contributed by atoms with Gasteiger partial charge < -0.3 is 10.4 Å². The van der Waals surface area contributed by atoms with E-state index in [4.69, 9.17) is 0 Å². The van der Waals surface area contributed by atoms with Crippen LogP contribution >= 0.6 is 0 Å². The molecular weight excluding hydrogens is 234 g/mol. The monoisotopic (exact) mass is 247 g/mol. The quantitative estimate of drug-likeness (QED) is 0.736. The van der Waals surface area contributed by atoms with Gasteiger partial charge in [0, 0.05) is 25.5 Å². The first-order chi connectivity index (χ1) is 8.77. The summed E-state index contributed by atoms with van der Waals surface area (Å²) in [5, 5.41) is 19.6. The first-order valence-electron chi connectivity index (χ1n) is 5.52. The predicted octanol–water partition coefficient (Wildman–Crippen LogP) is 0.199. The number of carbonyl (C=O) groups is 1. The second kappa shape index (κ2) is 5.76. The van der Waals surface area contributed by atoms with Crippen molar-refractivity contribution in [2.24, 2.45) is 0 Å². The van der Waals surface area contributed by atoms with Crippen molar-refractivity contribution in [1.82, 2.24) is 25.3 Å². The predicted molar refractivity (Wildman–Crippen MR) is 62.9 cm³/mol. The second-order valence-corrected chi connectivity index (χ2v) is 3.67. The number of amides is 1. The Kier molecular flexibility index (Phi) is 3.85. The Morgan fingerprint density at radius 3 is 3.06 bits per heavy atom. The molecule has 0 aromatic carbocycles. The molecule has 2 aromatic heterocycles. The number of hydrogen-bond acceptors (Lipinski definition) is 5. The maximum atomic E-state index is 11.7. The number of rotatable bonds is 5. The van der Waals surface area contributed by atoms with Crippen LogP contribution in [0.15, 0.2) is 30.9 Å². The van der Waals surface area contributed by atoms with E-state index >= 15 is 0 Å². The van der Waals surface area contributed by atoms with E-state index in [9.17, 15) is 9.90 Å². The molecule has 0 aliphatic carbocycles. The van der Waals surface area contributed by atoms with Crippen LogP contribution in [0.5, 0.6) is 5.75 Å². The van der Waals surface area contributed by atoms with Crippen LogP contribution in [0.25, 0.3) is 0 Å². The molecule has 0 unspecified atom stereocenters. The standard InChI is InChI=1S/C11H13N5O2/c17-10-8-12-4-2-9(10)11(18)13-3-1-6-16-7-5-14-15-16/h2,4-5,7-8,17H,1,3,6H2,(H,13,18). The Morgan fingerprint density at radius 2 is 2.33 bits per heavy atom. The van der Waals surface area contributed by atoms with E-state index in [1.807, 2.05) is 0 Å². The SMILES string of the molecule is O=C(NCCCn1ccnn1)c1ccncc1O. The highest BCUT2D eigenvalue weighted by molar-refractivity contribution is 5.96. The lowest BCUT2D eigenvalue weighted by Gasteiger charge is -2.06. The van der Waals surface area contributed by atoms with Gasteiger partial charge in [0.1, 0.15) is 5.75 Å². The van der Waals surface area contributed by atoms with Crippen molar-refractivity contribution in [2.45, 2.75) is 13.0 Å². The fraction of sp³-hybridized carbons (Fsp3) is 0.273. The molecule has 0 atom stereocenters. The van der Waals surface area contributed by atoms with Crippen LogP contribution in [0.2, 0.25) is 0 Å². The lowest BCUT2D eigenvalue weighted by molar-refractivity contribution is 0.0950. The third-order valence-electron chi connectivity index (χ3n) is 2.37. The molecule has 0 bridgehead atoms. The van der Waals surface area contributed by atoms with Crippen LogP contribution in [0.3, 0.4) is 0 Å². The van der Waals surface area contributed by atoms with Crippen LogP contribution in [0.1, 0.15) is 16.8 Å². The Balaban J connectivity index is 1.77. The molecule has 0 saturated heterocycles. The molecule has 0 aliphatic rings. The molecule has 2 N–H and O–H groups in total. The Labute approximate surface area is 103 Å². The maximum absolute atomic E-state index is 11.7. The van der Waals surface area contributed by atoms with Gasteiger partial charge in [-0.15, -0.1) is 5.10 Å². The summed E-state index contributed by atoms with van der Waals surface area (Å²) < 4.78 is 1.69. The second-order valence-electron chi connectivity index (χ2n) is 3.67. The van der Waals surface area contributed by atoms with Crippen molar-refractivity contribution in [3.63, 3.8) is 0 Å². The van der Waals surface area contributed by atoms with Crippen LogP contribution in [-0.4, -0.2) is 37.5 Å². The van der Waals surface area contributed by atoms with Gasteiger partial charge in [0.2, 0.25) is 0 Å². The summed E-state index contributed by atoms with van der Waals surface area (Å²) in [4.78, 5) is 15.4. The van der Waals surface area contributed by atoms with E-state index in [0.717, 1.165) is 6.42 Å². The summed E-state index contributed by atoms with van der Waals surface area (Å²) >= 11 is 0. The Hall–Kier alpha value is -2.44. The van der Waals surface area contributed by atoms with Crippen LogP contribution in [0.4, 0.5) is 0 Å². The van der Waals surface area contributed by atoms with E-state index in [1.165, 1.54) is 18.5 Å². The fourth-order valence-corrected chi connectivity index (χ4v) is 1.47. The molecule has 18 heavy (non-hydrogen) atoms. The van der Waals surface area contributed by atoms with E-state index in [2.05, 4.69) is 20.6 Å². The summed E-state index contributed by atoms with van der Waals surface area (Å²) in [7, 11) is 0. The molecular formula is C11H13N5O2. The summed E-state index contributed by atoms with van der Waals surface area (Å²) in [6.45, 7) is 1.18. The minimum atomic E-state index is -0.312. The summed E-state index contributed by atoms with van der Waals surface area (Å²) in [5.74, 6) is -0.431. The zero-order chi connectivity index (χ0) is 12.8. The smallest absolute Gasteiger partial charge is 0.255 e. The van der Waals surface area contributed by atoms with Gasteiger partial charge in [-0.05, 0) is 12.5 Å². The Bertz CT molecular complexity index is 512. The van der Waals surface area contributed by atoms with Gasteiger partial charge in [-0.1, -0.05) is 5.21 Å². The van der Waals surface area contributed by atoms with Crippen molar-refractivity contribution in [3.05, 3.63) is 36.4 Å². The van der Waals surface area contributed by atoms with Gasteiger partial charge in [0.05, 0.1) is 18.0 Å². The van der Waals surface area contributed by atoms with Crippen LogP contribution in [0, 0.1) is 0 Å². The maximum Gasteiger partial charge on any atom is 0.255 e. The molecule has 94 valence electrons. The third kappa shape index (κ3) is 3.03. The van der Waals surface area contributed by atoms with E-state index in [0.29, 0.717) is 13.1 Å². The van der Waals surface area contributed by atoms with Crippen LogP contribution < -0.4 is 5.32 Å². The number of aromatic nitrogens is 4.